The monoisotopic (exact) mass is 349 g/mol. The van der Waals surface area contributed by atoms with Crippen LogP contribution in [0.25, 0.3) is 5.57 Å². The second kappa shape index (κ2) is 6.90. The molecular weight excluding hydrogens is 326 g/mol. The molecule has 1 fully saturated rings. The first-order valence-electron chi connectivity index (χ1n) is 9.24. The van der Waals surface area contributed by atoms with Gasteiger partial charge in [0.05, 0.1) is 12.4 Å². The summed E-state index contributed by atoms with van der Waals surface area (Å²) in [6.07, 6.45) is 7.46. The third-order valence-corrected chi connectivity index (χ3v) is 5.58. The Kier molecular flexibility index (Phi) is 4.45. The molecule has 1 amide bonds. The zero-order chi connectivity index (χ0) is 18.1. The van der Waals surface area contributed by atoms with Crippen molar-refractivity contribution in [3.8, 4) is 0 Å². The molecule has 26 heavy (non-hydrogen) atoms. The maximum Gasteiger partial charge on any atom is 0.254 e. The van der Waals surface area contributed by atoms with E-state index in [0.29, 0.717) is 24.1 Å². The zero-order valence-corrected chi connectivity index (χ0v) is 14.9. The van der Waals surface area contributed by atoms with Gasteiger partial charge in [-0.15, -0.1) is 0 Å². The smallest absolute Gasteiger partial charge is 0.254 e. The number of aryl methyl sites for hydroxylation is 1. The summed E-state index contributed by atoms with van der Waals surface area (Å²) in [5.41, 5.74) is 3.79. The van der Waals surface area contributed by atoms with Crippen molar-refractivity contribution in [3.63, 3.8) is 0 Å². The van der Waals surface area contributed by atoms with Crippen molar-refractivity contribution in [1.82, 2.24) is 14.9 Å². The standard InChI is InChI=1S/C21H23N3O2/c1-14-19(21(26)23-13-22-14)9-10-20(25)24-17-7-8-18(24)12-16(11-17)15-5-3-2-4-6-15/h2-6,11,13,17-18H,7-10,12H2,1H3,(H,22,23,26). The number of nitrogens with one attached hydrogen (secondary N) is 1. The Morgan fingerprint density at radius 2 is 2.08 bits per heavy atom. The van der Waals surface area contributed by atoms with Crippen LogP contribution in [0.1, 0.15) is 42.5 Å². The molecular formula is C21H23N3O2. The molecule has 134 valence electrons. The van der Waals surface area contributed by atoms with Crippen molar-refractivity contribution >= 4 is 11.5 Å². The van der Waals surface area contributed by atoms with E-state index in [1.807, 2.05) is 17.9 Å². The predicted octanol–water partition coefficient (Wildman–Crippen LogP) is 2.86. The molecule has 2 aromatic rings. The summed E-state index contributed by atoms with van der Waals surface area (Å²) in [5, 5.41) is 0. The van der Waals surface area contributed by atoms with Gasteiger partial charge in [0, 0.05) is 23.7 Å². The fraction of sp³-hybridized carbons (Fsp3) is 0.381. The Balaban J connectivity index is 1.48. The Hall–Kier alpha value is -2.69. The van der Waals surface area contributed by atoms with Gasteiger partial charge in [0.1, 0.15) is 0 Å². The van der Waals surface area contributed by atoms with E-state index in [0.717, 1.165) is 19.3 Å². The Morgan fingerprint density at radius 3 is 2.81 bits per heavy atom. The molecule has 2 unspecified atom stereocenters. The van der Waals surface area contributed by atoms with Crippen LogP contribution in [0.2, 0.25) is 0 Å². The number of amides is 1. The van der Waals surface area contributed by atoms with Crippen molar-refractivity contribution in [2.24, 2.45) is 0 Å². The summed E-state index contributed by atoms with van der Waals surface area (Å²) in [4.78, 5) is 33.6. The summed E-state index contributed by atoms with van der Waals surface area (Å²) in [7, 11) is 0. The van der Waals surface area contributed by atoms with E-state index < -0.39 is 0 Å². The van der Waals surface area contributed by atoms with E-state index >= 15 is 0 Å². The van der Waals surface area contributed by atoms with Gasteiger partial charge in [0.15, 0.2) is 0 Å². The first-order valence-corrected chi connectivity index (χ1v) is 9.24. The van der Waals surface area contributed by atoms with Crippen molar-refractivity contribution in [2.45, 2.75) is 51.1 Å². The fourth-order valence-electron chi connectivity index (χ4n) is 4.26. The van der Waals surface area contributed by atoms with Crippen LogP contribution in [0.4, 0.5) is 0 Å². The molecule has 2 atom stereocenters. The largest absolute Gasteiger partial charge is 0.333 e. The molecule has 0 spiro atoms. The van der Waals surface area contributed by atoms with Gasteiger partial charge in [-0.25, -0.2) is 4.98 Å². The number of aromatic nitrogens is 2. The zero-order valence-electron chi connectivity index (χ0n) is 14.9. The number of hydrogen-bond donors (Lipinski definition) is 1. The van der Waals surface area contributed by atoms with Crippen LogP contribution in [0.5, 0.6) is 0 Å². The first-order chi connectivity index (χ1) is 12.6. The number of benzene rings is 1. The van der Waals surface area contributed by atoms with Gasteiger partial charge >= 0.3 is 0 Å². The number of rotatable bonds is 4. The topological polar surface area (TPSA) is 66.1 Å². The highest BCUT2D eigenvalue weighted by molar-refractivity contribution is 5.80. The molecule has 4 rings (SSSR count). The van der Waals surface area contributed by atoms with Crippen molar-refractivity contribution in [3.05, 3.63) is 69.9 Å². The van der Waals surface area contributed by atoms with Crippen molar-refractivity contribution in [1.29, 1.82) is 0 Å². The highest BCUT2D eigenvalue weighted by Crippen LogP contribution is 2.38. The lowest BCUT2D eigenvalue weighted by Gasteiger charge is -2.34. The summed E-state index contributed by atoms with van der Waals surface area (Å²) < 4.78 is 0. The van der Waals surface area contributed by atoms with Crippen molar-refractivity contribution < 1.29 is 4.79 Å². The number of carbonyl (C=O) groups excluding carboxylic acids is 1. The predicted molar refractivity (Wildman–Crippen MR) is 101 cm³/mol. The molecule has 1 N–H and O–H groups in total. The van der Waals surface area contributed by atoms with Gasteiger partial charge < -0.3 is 9.88 Å². The Morgan fingerprint density at radius 1 is 1.27 bits per heavy atom. The van der Waals surface area contributed by atoms with E-state index in [2.05, 4.69) is 40.3 Å². The van der Waals surface area contributed by atoms with E-state index in [1.165, 1.54) is 17.5 Å². The second-order valence-electron chi connectivity index (χ2n) is 7.16. The molecule has 1 aromatic heterocycles. The normalized spacial score (nSPS) is 21.6. The molecule has 5 nitrogen and oxygen atoms in total. The minimum atomic E-state index is -0.141. The summed E-state index contributed by atoms with van der Waals surface area (Å²) in [5.74, 6) is 0.142. The number of aromatic amines is 1. The second-order valence-corrected chi connectivity index (χ2v) is 7.16. The molecule has 2 bridgehead atoms. The highest BCUT2D eigenvalue weighted by atomic mass is 16.2. The van der Waals surface area contributed by atoms with Gasteiger partial charge in [-0.2, -0.15) is 0 Å². The third kappa shape index (κ3) is 3.09. The van der Waals surface area contributed by atoms with Gasteiger partial charge in [0.25, 0.3) is 5.56 Å². The number of carbonyl (C=O) groups is 1. The minimum absolute atomic E-state index is 0.141. The van der Waals surface area contributed by atoms with E-state index in [4.69, 9.17) is 0 Å². The summed E-state index contributed by atoms with van der Waals surface area (Å²) in [6, 6.07) is 10.9. The molecule has 0 aliphatic carbocycles. The first kappa shape index (κ1) is 16.8. The number of H-pyrrole nitrogens is 1. The number of hydrogen-bond acceptors (Lipinski definition) is 3. The molecule has 2 aliphatic rings. The van der Waals surface area contributed by atoms with Gasteiger partial charge in [-0.05, 0) is 43.7 Å². The number of nitrogens with zero attached hydrogens (tertiary/aromatic N) is 2. The average molecular weight is 349 g/mol. The van der Waals surface area contributed by atoms with Crippen LogP contribution >= 0.6 is 0 Å². The van der Waals surface area contributed by atoms with Crippen LogP contribution in [0.15, 0.2) is 47.5 Å². The molecule has 1 saturated heterocycles. The van der Waals surface area contributed by atoms with Gasteiger partial charge in [-0.1, -0.05) is 36.4 Å². The van der Waals surface area contributed by atoms with E-state index in [-0.39, 0.29) is 23.6 Å². The molecule has 0 saturated carbocycles. The van der Waals surface area contributed by atoms with Gasteiger partial charge in [0.2, 0.25) is 5.91 Å². The van der Waals surface area contributed by atoms with Crippen molar-refractivity contribution in [2.75, 3.05) is 0 Å². The van der Waals surface area contributed by atoms with Crippen LogP contribution < -0.4 is 5.56 Å². The molecule has 5 heteroatoms. The highest BCUT2D eigenvalue weighted by Gasteiger charge is 2.39. The maximum atomic E-state index is 12.9. The molecule has 0 radical (unpaired) electrons. The van der Waals surface area contributed by atoms with Crippen LogP contribution in [-0.4, -0.2) is 32.9 Å². The van der Waals surface area contributed by atoms with E-state index in [9.17, 15) is 9.59 Å². The molecule has 3 heterocycles. The summed E-state index contributed by atoms with van der Waals surface area (Å²) in [6.45, 7) is 1.81. The van der Waals surface area contributed by atoms with Crippen LogP contribution in [0.3, 0.4) is 0 Å². The van der Waals surface area contributed by atoms with E-state index in [1.54, 1.807) is 0 Å². The lowest BCUT2D eigenvalue weighted by atomic mass is 9.94. The van der Waals surface area contributed by atoms with Crippen LogP contribution in [0, 0.1) is 6.92 Å². The Labute approximate surface area is 152 Å². The lowest BCUT2D eigenvalue weighted by molar-refractivity contribution is -0.133. The number of fused-ring (bicyclic) bond motifs is 2. The Bertz CT molecular complexity index is 901. The summed E-state index contributed by atoms with van der Waals surface area (Å²) >= 11 is 0. The quantitative estimate of drug-likeness (QED) is 0.923. The lowest BCUT2D eigenvalue weighted by Crippen LogP contribution is -2.43. The average Bonchev–Trinajstić information content (AvgIpc) is 2.91. The third-order valence-electron chi connectivity index (χ3n) is 5.58. The van der Waals surface area contributed by atoms with Crippen LogP contribution in [-0.2, 0) is 11.2 Å². The van der Waals surface area contributed by atoms with Gasteiger partial charge in [-0.3, -0.25) is 9.59 Å². The fourth-order valence-corrected chi connectivity index (χ4v) is 4.26. The molecule has 2 aliphatic heterocycles. The maximum absolute atomic E-state index is 12.9. The SMILES string of the molecule is Cc1nc[nH]c(=O)c1CCC(=O)N1C2C=C(c3ccccc3)CC1CC2. The molecule has 1 aromatic carbocycles. The minimum Gasteiger partial charge on any atom is -0.333 e.